The molecule has 0 atom stereocenters. The van der Waals surface area contributed by atoms with Gasteiger partial charge in [-0.05, 0) is 104 Å². The molecule has 0 unspecified atom stereocenters. The number of pyridine rings is 1. The fraction of sp³-hybridized carbons (Fsp3) is 0.226. The normalized spacial score (nSPS) is 14.3. The van der Waals surface area contributed by atoms with Gasteiger partial charge in [-0.1, -0.05) is 164 Å². The molecule has 0 bridgehead atoms. The third-order valence-corrected chi connectivity index (χ3v) is 12.7. The Hall–Kier alpha value is -6.39. The minimum Gasteiger partial charge on any atom is -0.501 e. The SMILES string of the molecule is [2H]C(C)(C)c1cccc(C([2H])(C)C)c1-n1c(-c2[c-]cccc2)nc2ccccc21.[2H]C([2H])(c1ccc(-c2ccnc(-c3[c-]ccc4c3oc3ccc5c(c34)-c3ccccc3C5(C)C)c2)cc1)C(C)(C)C.[Ir]. The van der Waals surface area contributed by atoms with Crippen LogP contribution in [0.1, 0.15) is 107 Å². The first kappa shape index (κ1) is 40.8. The standard InChI is InChI=1S/C37H32NO.C25H25N2.Ir/c1-36(2,3)22-23-13-15-24(16-14-23)25-19-20-38-31(21-25)27-10-8-11-28-34-32(39-35(27)28)18-17-30-33(34)26-9-6-7-12-29(26)37(30,4)5;1-17(2)20-13-10-14-21(18(3)4)24(20)27-23-16-9-8-15-22(23)26-25(27)19-11-6-5-7-12-19;/h6-9,11-21H,22H2,1-5H3;5-11,13-18H,1-4H3;/q2*-1;/i22D2;17D,18D;. The number of furan rings is 1. The molecule has 337 valence electrons. The number of aromatic nitrogens is 3. The number of benzene rings is 7. The second-order valence-electron chi connectivity index (χ2n) is 19.3. The number of para-hydroxylation sites is 3. The number of hydrogen-bond donors (Lipinski definition) is 0. The van der Waals surface area contributed by atoms with Crippen LogP contribution in [0.25, 0.3) is 83.6 Å². The summed E-state index contributed by atoms with van der Waals surface area (Å²) in [7, 11) is 0. The van der Waals surface area contributed by atoms with Crippen LogP contribution in [-0.4, -0.2) is 14.5 Å². The maximum absolute atomic E-state index is 8.80. The van der Waals surface area contributed by atoms with Crippen LogP contribution >= 0.6 is 0 Å². The van der Waals surface area contributed by atoms with Crippen molar-refractivity contribution in [3.8, 4) is 50.6 Å². The first-order valence-electron chi connectivity index (χ1n) is 24.8. The van der Waals surface area contributed by atoms with Crippen molar-refractivity contribution in [1.82, 2.24) is 14.5 Å². The van der Waals surface area contributed by atoms with Crippen molar-refractivity contribution in [2.75, 3.05) is 0 Å². The molecule has 7 aromatic carbocycles. The van der Waals surface area contributed by atoms with E-state index in [1.807, 2.05) is 158 Å². The summed E-state index contributed by atoms with van der Waals surface area (Å²) in [5.74, 6) is -0.895. The Morgan fingerprint density at radius 1 is 0.731 bits per heavy atom. The van der Waals surface area contributed by atoms with E-state index in [0.29, 0.717) is 5.56 Å². The van der Waals surface area contributed by atoms with E-state index in [1.54, 1.807) is 0 Å². The molecule has 0 amide bonds. The first-order valence-corrected chi connectivity index (χ1v) is 22.8. The van der Waals surface area contributed by atoms with Gasteiger partial charge < -0.3 is 14.0 Å². The largest absolute Gasteiger partial charge is 0.501 e. The predicted molar refractivity (Wildman–Crippen MR) is 275 cm³/mol. The van der Waals surface area contributed by atoms with Crippen LogP contribution in [0.15, 0.2) is 162 Å². The van der Waals surface area contributed by atoms with E-state index in [0.717, 1.165) is 83.6 Å². The van der Waals surface area contributed by atoms with Crippen LogP contribution in [0.5, 0.6) is 0 Å². The van der Waals surface area contributed by atoms with Gasteiger partial charge >= 0.3 is 0 Å². The first-order chi connectivity index (χ1) is 33.2. The number of hydrogen-bond acceptors (Lipinski definition) is 3. The minimum atomic E-state index is -1.43. The molecule has 0 saturated heterocycles. The summed E-state index contributed by atoms with van der Waals surface area (Å²) < 4.78 is 43.5. The third-order valence-electron chi connectivity index (χ3n) is 12.7. The van der Waals surface area contributed by atoms with Gasteiger partial charge in [0.1, 0.15) is 5.58 Å². The summed E-state index contributed by atoms with van der Waals surface area (Å²) in [5, 5.41) is 2.21. The molecule has 0 aliphatic heterocycles. The Morgan fingerprint density at radius 3 is 2.16 bits per heavy atom. The van der Waals surface area contributed by atoms with Gasteiger partial charge in [0.15, 0.2) is 0 Å². The van der Waals surface area contributed by atoms with Gasteiger partial charge in [-0.3, -0.25) is 4.98 Å². The smallest absolute Gasteiger partial charge is 0.121 e. The van der Waals surface area contributed by atoms with E-state index < -0.39 is 23.6 Å². The van der Waals surface area contributed by atoms with Gasteiger partial charge in [0.2, 0.25) is 0 Å². The van der Waals surface area contributed by atoms with Crippen molar-refractivity contribution in [3.05, 3.63) is 198 Å². The summed E-state index contributed by atoms with van der Waals surface area (Å²) in [5.41, 5.74) is 15.9. The molecule has 1 radical (unpaired) electrons. The molecular formula is C62H57IrN3O-2. The third kappa shape index (κ3) is 8.38. The van der Waals surface area contributed by atoms with Crippen molar-refractivity contribution < 1.29 is 30.0 Å². The van der Waals surface area contributed by atoms with Crippen LogP contribution in [0.4, 0.5) is 0 Å². The van der Waals surface area contributed by atoms with E-state index in [9.17, 15) is 0 Å². The Balaban J connectivity index is 0.000000184. The molecule has 0 N–H and O–H groups in total. The van der Waals surface area contributed by atoms with Crippen LogP contribution in [0, 0.1) is 17.5 Å². The molecule has 0 spiro atoms. The zero-order chi connectivity index (χ0) is 49.5. The fourth-order valence-electron chi connectivity index (χ4n) is 9.70. The van der Waals surface area contributed by atoms with Crippen molar-refractivity contribution in [2.24, 2.45) is 5.41 Å². The van der Waals surface area contributed by atoms with Crippen LogP contribution in [0.3, 0.4) is 0 Å². The van der Waals surface area contributed by atoms with Gasteiger partial charge in [-0.15, -0.1) is 54.1 Å². The molecular weight excluding hydrogens is 995 g/mol. The summed E-state index contributed by atoms with van der Waals surface area (Å²) >= 11 is 0. The van der Waals surface area contributed by atoms with Crippen LogP contribution in [-0.2, 0) is 31.9 Å². The molecule has 67 heavy (non-hydrogen) atoms. The van der Waals surface area contributed by atoms with E-state index in [1.165, 1.54) is 22.3 Å². The molecule has 0 fully saturated rings. The minimum absolute atomic E-state index is 0. The van der Waals surface area contributed by atoms with Gasteiger partial charge in [0, 0.05) is 48.3 Å². The molecule has 10 aromatic rings. The quantitative estimate of drug-likeness (QED) is 0.149. The fourth-order valence-corrected chi connectivity index (χ4v) is 9.70. The van der Waals surface area contributed by atoms with Crippen LogP contribution < -0.4 is 0 Å². The van der Waals surface area contributed by atoms with Crippen molar-refractivity contribution >= 4 is 33.0 Å². The Labute approximate surface area is 415 Å². The molecule has 1 aliphatic carbocycles. The van der Waals surface area contributed by atoms with Crippen molar-refractivity contribution in [3.63, 3.8) is 0 Å². The maximum Gasteiger partial charge on any atom is 0.121 e. The van der Waals surface area contributed by atoms with Crippen LogP contribution in [0.2, 0.25) is 0 Å². The molecule has 5 heteroatoms. The molecule has 4 nitrogen and oxygen atoms in total. The van der Waals surface area contributed by atoms with Gasteiger partial charge in [-0.2, -0.15) is 0 Å². The van der Waals surface area contributed by atoms with Gasteiger partial charge in [-0.25, -0.2) is 0 Å². The zero-order valence-corrected chi connectivity index (χ0v) is 42.0. The maximum atomic E-state index is 8.80. The molecule has 3 heterocycles. The number of nitrogens with zero attached hydrogens (tertiary/aromatic N) is 3. The summed E-state index contributed by atoms with van der Waals surface area (Å²) in [4.78, 5) is 9.64. The summed E-state index contributed by atoms with van der Waals surface area (Å²) in [6, 6.07) is 57.4. The molecule has 0 saturated carbocycles. The molecule has 1 aliphatic rings. The Morgan fingerprint density at radius 2 is 1.45 bits per heavy atom. The number of imidazole rings is 1. The average molecular weight is 1060 g/mol. The van der Waals surface area contributed by atoms with Gasteiger partial charge in [0.25, 0.3) is 0 Å². The second kappa shape index (κ2) is 18.0. The van der Waals surface area contributed by atoms with Crippen molar-refractivity contribution in [2.45, 2.75) is 85.9 Å². The predicted octanol–water partition coefficient (Wildman–Crippen LogP) is 16.7. The van der Waals surface area contributed by atoms with Crippen molar-refractivity contribution in [1.29, 1.82) is 0 Å². The zero-order valence-electron chi connectivity index (χ0n) is 43.6. The summed E-state index contributed by atoms with van der Waals surface area (Å²) in [6.45, 7) is 17.9. The second-order valence-corrected chi connectivity index (χ2v) is 19.3. The Kier molecular flexibility index (Phi) is 11.0. The average Bonchev–Trinajstić information content (AvgIpc) is 3.99. The number of fused-ring (bicyclic) bond motifs is 8. The Bertz CT molecular complexity index is 3580. The van der Waals surface area contributed by atoms with E-state index >= 15 is 0 Å². The summed E-state index contributed by atoms with van der Waals surface area (Å²) in [6.07, 6.45) is 0.384. The van der Waals surface area contributed by atoms with E-state index in [4.69, 9.17) is 19.9 Å². The molecule has 11 rings (SSSR count). The van der Waals surface area contributed by atoms with E-state index in [-0.39, 0.29) is 25.5 Å². The van der Waals surface area contributed by atoms with Gasteiger partial charge in [0.05, 0.1) is 22.4 Å². The topological polar surface area (TPSA) is 43.9 Å². The number of rotatable bonds is 7. The monoisotopic (exact) mass is 1060 g/mol. The molecule has 3 aromatic heterocycles. The van der Waals surface area contributed by atoms with E-state index in [2.05, 4.69) is 79.1 Å².